The molecule has 0 aliphatic carbocycles. The number of carbonyl (C=O) groups is 1. The molecule has 0 aliphatic rings. The van der Waals surface area contributed by atoms with Crippen LogP contribution in [0.3, 0.4) is 0 Å². The molecule has 4 aromatic rings. The summed E-state index contributed by atoms with van der Waals surface area (Å²) in [7, 11) is 0. The molecule has 0 aromatic heterocycles. The van der Waals surface area contributed by atoms with E-state index < -0.39 is 17.7 Å². The number of rotatable bonds is 5. The maximum atomic E-state index is 13.7. The molecule has 0 bridgehead atoms. The molecule has 0 fully saturated rings. The molecule has 33 heavy (non-hydrogen) atoms. The van der Waals surface area contributed by atoms with Crippen molar-refractivity contribution in [2.24, 2.45) is 0 Å². The summed E-state index contributed by atoms with van der Waals surface area (Å²) in [5, 5.41) is 10.5. The molecule has 1 N–H and O–H groups in total. The summed E-state index contributed by atoms with van der Waals surface area (Å²) in [6, 6.07) is 22.6. The zero-order valence-corrected chi connectivity index (χ0v) is 17.6. The SMILES string of the molecule is Cc1cc2ccccc2c(Oc2ccc(/C=C/C(=O)O)c(C(F)(F)F)c2)c1-c1ccccc1. The van der Waals surface area contributed by atoms with Crippen molar-refractivity contribution in [2.75, 3.05) is 0 Å². The van der Waals surface area contributed by atoms with Gasteiger partial charge in [0.25, 0.3) is 0 Å². The van der Waals surface area contributed by atoms with Gasteiger partial charge in [0.2, 0.25) is 0 Å². The first-order chi connectivity index (χ1) is 15.7. The van der Waals surface area contributed by atoms with Crippen molar-refractivity contribution in [3.63, 3.8) is 0 Å². The number of benzene rings is 4. The fourth-order valence-electron chi connectivity index (χ4n) is 3.79. The minimum atomic E-state index is -4.69. The highest BCUT2D eigenvalue weighted by molar-refractivity contribution is 5.97. The summed E-state index contributed by atoms with van der Waals surface area (Å²) in [6.07, 6.45) is -3.09. The molecule has 166 valence electrons. The minimum absolute atomic E-state index is 0.00253. The van der Waals surface area contributed by atoms with Gasteiger partial charge in [0, 0.05) is 17.0 Å². The Morgan fingerprint density at radius 2 is 1.64 bits per heavy atom. The molecule has 0 spiro atoms. The maximum absolute atomic E-state index is 13.7. The van der Waals surface area contributed by atoms with Gasteiger partial charge in [-0.2, -0.15) is 13.2 Å². The predicted octanol–water partition coefficient (Wildman–Crippen LogP) is 7.72. The number of ether oxygens (including phenoxy) is 1. The largest absolute Gasteiger partial charge is 0.478 e. The van der Waals surface area contributed by atoms with Crippen molar-refractivity contribution in [2.45, 2.75) is 13.1 Å². The van der Waals surface area contributed by atoms with Gasteiger partial charge in [0.05, 0.1) is 5.56 Å². The summed E-state index contributed by atoms with van der Waals surface area (Å²) < 4.78 is 47.3. The average molecular weight is 448 g/mol. The third-order valence-corrected chi connectivity index (χ3v) is 5.22. The number of hydrogen-bond donors (Lipinski definition) is 1. The summed E-state index contributed by atoms with van der Waals surface area (Å²) in [6.45, 7) is 1.93. The number of alkyl halides is 3. The van der Waals surface area contributed by atoms with E-state index in [4.69, 9.17) is 9.84 Å². The van der Waals surface area contributed by atoms with Crippen molar-refractivity contribution < 1.29 is 27.8 Å². The smallest absolute Gasteiger partial charge is 0.417 e. The summed E-state index contributed by atoms with van der Waals surface area (Å²) in [5.74, 6) is -0.872. The van der Waals surface area contributed by atoms with E-state index in [0.29, 0.717) is 11.8 Å². The van der Waals surface area contributed by atoms with E-state index in [9.17, 15) is 18.0 Å². The molecule has 0 heterocycles. The monoisotopic (exact) mass is 448 g/mol. The van der Waals surface area contributed by atoms with Crippen molar-refractivity contribution >= 4 is 22.8 Å². The van der Waals surface area contributed by atoms with Crippen LogP contribution < -0.4 is 4.74 Å². The fourth-order valence-corrected chi connectivity index (χ4v) is 3.79. The Balaban J connectivity index is 1.90. The summed E-state index contributed by atoms with van der Waals surface area (Å²) >= 11 is 0. The molecule has 0 saturated heterocycles. The lowest BCUT2D eigenvalue weighted by atomic mass is 9.95. The van der Waals surface area contributed by atoms with Crippen molar-refractivity contribution in [3.8, 4) is 22.6 Å². The molecule has 6 heteroatoms. The predicted molar refractivity (Wildman–Crippen MR) is 122 cm³/mol. The average Bonchev–Trinajstić information content (AvgIpc) is 2.78. The number of halogens is 3. The second-order valence-corrected chi connectivity index (χ2v) is 7.51. The Morgan fingerprint density at radius 1 is 0.939 bits per heavy atom. The zero-order chi connectivity index (χ0) is 23.6. The maximum Gasteiger partial charge on any atom is 0.417 e. The van der Waals surface area contributed by atoms with Crippen LogP contribution in [0.15, 0.2) is 84.9 Å². The number of carboxylic acid groups (broad SMARTS) is 1. The van der Waals surface area contributed by atoms with E-state index in [0.717, 1.165) is 39.6 Å². The highest BCUT2D eigenvalue weighted by Gasteiger charge is 2.33. The van der Waals surface area contributed by atoms with E-state index in [1.54, 1.807) is 0 Å². The van der Waals surface area contributed by atoms with Gasteiger partial charge in [0.1, 0.15) is 11.5 Å². The molecule has 4 aromatic carbocycles. The molecule has 3 nitrogen and oxygen atoms in total. The normalized spacial score (nSPS) is 11.8. The quantitative estimate of drug-likeness (QED) is 0.318. The highest BCUT2D eigenvalue weighted by Crippen LogP contribution is 2.43. The van der Waals surface area contributed by atoms with Gasteiger partial charge < -0.3 is 9.84 Å². The molecule has 0 amide bonds. The first-order valence-corrected chi connectivity index (χ1v) is 10.1. The Bertz CT molecular complexity index is 1360. The number of aryl methyl sites for hydroxylation is 1. The van der Waals surface area contributed by atoms with Gasteiger partial charge in [-0.05, 0) is 47.2 Å². The van der Waals surface area contributed by atoms with Crippen LogP contribution in [-0.4, -0.2) is 11.1 Å². The standard InChI is InChI=1S/C27H19F3O3/c1-17-15-20-9-5-6-10-22(20)26(25(17)19-7-3-2-4-8-19)33-21-13-11-18(12-14-24(31)32)23(16-21)27(28,29)30/h2-16H,1H3,(H,31,32)/b14-12+. The Kier molecular flexibility index (Phi) is 5.92. The number of hydrogen-bond acceptors (Lipinski definition) is 2. The minimum Gasteiger partial charge on any atom is -0.478 e. The van der Waals surface area contributed by atoms with E-state index in [-0.39, 0.29) is 11.3 Å². The second-order valence-electron chi connectivity index (χ2n) is 7.51. The van der Waals surface area contributed by atoms with Gasteiger partial charge in [0.15, 0.2) is 0 Å². The number of aliphatic carboxylic acids is 1. The van der Waals surface area contributed by atoms with Gasteiger partial charge in [-0.25, -0.2) is 4.79 Å². The molecule has 0 radical (unpaired) electrons. The van der Waals surface area contributed by atoms with E-state index >= 15 is 0 Å². The molecular formula is C27H19F3O3. The Morgan fingerprint density at radius 3 is 2.33 bits per heavy atom. The zero-order valence-electron chi connectivity index (χ0n) is 17.6. The van der Waals surface area contributed by atoms with Crippen molar-refractivity contribution in [3.05, 3.63) is 102 Å². The van der Waals surface area contributed by atoms with Crippen LogP contribution >= 0.6 is 0 Å². The molecule has 0 atom stereocenters. The third-order valence-electron chi connectivity index (χ3n) is 5.22. The van der Waals surface area contributed by atoms with Gasteiger partial charge in [-0.1, -0.05) is 66.7 Å². The number of fused-ring (bicyclic) bond motifs is 1. The van der Waals surface area contributed by atoms with E-state index in [1.807, 2.05) is 67.6 Å². The fraction of sp³-hybridized carbons (Fsp3) is 0.0741. The van der Waals surface area contributed by atoms with Crippen LogP contribution in [0, 0.1) is 6.92 Å². The summed E-state index contributed by atoms with van der Waals surface area (Å²) in [5.41, 5.74) is 1.36. The lowest BCUT2D eigenvalue weighted by Gasteiger charge is -2.19. The third kappa shape index (κ3) is 4.75. The molecule has 0 unspecified atom stereocenters. The topological polar surface area (TPSA) is 46.5 Å². The second kappa shape index (κ2) is 8.82. The van der Waals surface area contributed by atoms with Crippen molar-refractivity contribution in [1.29, 1.82) is 0 Å². The van der Waals surface area contributed by atoms with Crippen molar-refractivity contribution in [1.82, 2.24) is 0 Å². The molecule has 0 aliphatic heterocycles. The van der Waals surface area contributed by atoms with Crippen LogP contribution in [0.2, 0.25) is 0 Å². The molecule has 0 saturated carbocycles. The van der Waals surface area contributed by atoms with Gasteiger partial charge in [-0.3, -0.25) is 0 Å². The van der Waals surface area contributed by atoms with Gasteiger partial charge in [-0.15, -0.1) is 0 Å². The van der Waals surface area contributed by atoms with Crippen LogP contribution in [0.4, 0.5) is 13.2 Å². The molecule has 4 rings (SSSR count). The van der Waals surface area contributed by atoms with Crippen LogP contribution in [0.5, 0.6) is 11.5 Å². The lowest BCUT2D eigenvalue weighted by Crippen LogP contribution is -2.08. The number of carboxylic acids is 1. The van der Waals surface area contributed by atoms with Gasteiger partial charge >= 0.3 is 12.1 Å². The molecular weight excluding hydrogens is 429 g/mol. The lowest BCUT2D eigenvalue weighted by molar-refractivity contribution is -0.138. The Hall–Kier alpha value is -4.06. The van der Waals surface area contributed by atoms with Crippen LogP contribution in [0.1, 0.15) is 16.7 Å². The van der Waals surface area contributed by atoms with Crippen LogP contribution in [0.25, 0.3) is 28.0 Å². The van der Waals surface area contributed by atoms with E-state index in [2.05, 4.69) is 0 Å². The van der Waals surface area contributed by atoms with Crippen LogP contribution in [-0.2, 0) is 11.0 Å². The van der Waals surface area contributed by atoms with E-state index in [1.165, 1.54) is 12.1 Å². The summed E-state index contributed by atoms with van der Waals surface area (Å²) in [4.78, 5) is 10.8. The first-order valence-electron chi connectivity index (χ1n) is 10.1. The Labute approximate surface area is 188 Å². The first kappa shape index (κ1) is 22.1. The highest BCUT2D eigenvalue weighted by atomic mass is 19.4.